The zero-order valence-electron chi connectivity index (χ0n) is 18.2. The van der Waals surface area contributed by atoms with Crippen LogP contribution in [0.5, 0.6) is 0 Å². The van der Waals surface area contributed by atoms with Crippen molar-refractivity contribution in [3.05, 3.63) is 83.0 Å². The summed E-state index contributed by atoms with van der Waals surface area (Å²) in [5, 5.41) is 7.28. The van der Waals surface area contributed by atoms with E-state index in [0.717, 1.165) is 31.5 Å². The normalized spacial score (nSPS) is 15.2. The van der Waals surface area contributed by atoms with Gasteiger partial charge in [-0.1, -0.05) is 48.0 Å². The summed E-state index contributed by atoms with van der Waals surface area (Å²) in [6, 6.07) is 19.0. The molecule has 6 nitrogen and oxygen atoms in total. The maximum Gasteiger partial charge on any atom is 0.259 e. The second-order valence-electron chi connectivity index (χ2n) is 8.13. The lowest BCUT2D eigenvalue weighted by atomic mass is 9.97. The molecule has 0 bridgehead atoms. The van der Waals surface area contributed by atoms with E-state index < -0.39 is 0 Å². The number of nitrogens with zero attached hydrogens (tertiary/aromatic N) is 3. The summed E-state index contributed by atoms with van der Waals surface area (Å²) in [6.45, 7) is 4.61. The van der Waals surface area contributed by atoms with Crippen LogP contribution in [-0.4, -0.2) is 35.5 Å². The lowest BCUT2D eigenvalue weighted by Crippen LogP contribution is -2.40. The van der Waals surface area contributed by atoms with Crippen molar-refractivity contribution in [2.24, 2.45) is 5.92 Å². The molecular weight excluding hydrogens is 422 g/mol. The fraction of sp³-hybridized carbons (Fsp3) is 0.320. The quantitative estimate of drug-likeness (QED) is 0.534. The van der Waals surface area contributed by atoms with Crippen molar-refractivity contribution in [2.75, 3.05) is 29.9 Å². The summed E-state index contributed by atoms with van der Waals surface area (Å²) in [6.07, 6.45) is 3.75. The fourth-order valence-corrected chi connectivity index (χ4v) is 4.16. The van der Waals surface area contributed by atoms with Gasteiger partial charge in [0.2, 0.25) is 5.95 Å². The number of hydrogen-bond donors (Lipinski definition) is 2. The minimum atomic E-state index is -0.105. The van der Waals surface area contributed by atoms with Gasteiger partial charge >= 0.3 is 0 Å². The summed E-state index contributed by atoms with van der Waals surface area (Å²) >= 11 is 6.16. The number of benzene rings is 2. The third kappa shape index (κ3) is 5.64. The topological polar surface area (TPSA) is 70.2 Å². The number of aromatic nitrogens is 2. The van der Waals surface area contributed by atoms with Crippen LogP contribution in [0.3, 0.4) is 0 Å². The summed E-state index contributed by atoms with van der Waals surface area (Å²) in [5.41, 5.74) is 1.69. The Kier molecular flexibility index (Phi) is 7.35. The van der Waals surface area contributed by atoms with Gasteiger partial charge in [-0.15, -0.1) is 0 Å². The van der Waals surface area contributed by atoms with Gasteiger partial charge in [-0.3, -0.25) is 9.69 Å². The van der Waals surface area contributed by atoms with Gasteiger partial charge in [-0.05, 0) is 68.6 Å². The maximum atomic E-state index is 13.5. The lowest BCUT2D eigenvalue weighted by Gasteiger charge is -2.30. The molecule has 1 amide bonds. The molecule has 0 unspecified atom stereocenters. The molecule has 32 heavy (non-hydrogen) atoms. The molecule has 1 fully saturated rings. The fourth-order valence-electron chi connectivity index (χ4n) is 3.97. The SMILES string of the molecule is C[C@H](Nc1nccc(N(CC2CCNCC2)C(=O)c2cccc(Cl)c2)n1)c1ccccc1. The van der Waals surface area contributed by atoms with E-state index in [0.29, 0.717) is 34.8 Å². The first kappa shape index (κ1) is 22.2. The van der Waals surface area contributed by atoms with Crippen molar-refractivity contribution in [3.8, 4) is 0 Å². The molecule has 7 heteroatoms. The van der Waals surface area contributed by atoms with Crippen molar-refractivity contribution in [3.63, 3.8) is 0 Å². The number of carbonyl (C=O) groups excluding carboxylic acids is 1. The molecule has 166 valence electrons. The van der Waals surface area contributed by atoms with E-state index in [1.54, 1.807) is 41.4 Å². The Hall–Kier alpha value is -2.96. The lowest BCUT2D eigenvalue weighted by molar-refractivity contribution is 0.0980. The predicted molar refractivity (Wildman–Crippen MR) is 129 cm³/mol. The van der Waals surface area contributed by atoms with Crippen molar-refractivity contribution in [1.29, 1.82) is 0 Å². The monoisotopic (exact) mass is 449 g/mol. The first-order valence-electron chi connectivity index (χ1n) is 11.0. The van der Waals surface area contributed by atoms with Gasteiger partial charge < -0.3 is 10.6 Å². The molecule has 1 aliphatic heterocycles. The summed E-state index contributed by atoms with van der Waals surface area (Å²) in [4.78, 5) is 24.4. The molecular formula is C25H28ClN5O. The Labute approximate surface area is 194 Å². The van der Waals surface area contributed by atoms with Gasteiger partial charge in [-0.2, -0.15) is 4.98 Å². The standard InChI is InChI=1S/C25H28ClN5O/c1-18(20-6-3-2-4-7-20)29-25-28-15-12-23(30-25)31(17-19-10-13-27-14-11-19)24(32)21-8-5-9-22(26)16-21/h2-9,12,15-16,18-19,27H,10-11,13-14,17H2,1H3,(H,28,29,30)/t18-/m0/s1. The van der Waals surface area contributed by atoms with Crippen LogP contribution in [0.2, 0.25) is 5.02 Å². The molecule has 1 aliphatic rings. The Morgan fingerprint density at radius 1 is 1.16 bits per heavy atom. The predicted octanol–water partition coefficient (Wildman–Crippen LogP) is 4.95. The van der Waals surface area contributed by atoms with E-state index in [-0.39, 0.29) is 11.9 Å². The van der Waals surface area contributed by atoms with Gasteiger partial charge in [0.15, 0.2) is 0 Å². The van der Waals surface area contributed by atoms with E-state index in [9.17, 15) is 4.79 Å². The average molecular weight is 450 g/mol. The summed E-state index contributed by atoms with van der Waals surface area (Å²) in [7, 11) is 0. The number of rotatable bonds is 7. The highest BCUT2D eigenvalue weighted by Gasteiger charge is 2.25. The van der Waals surface area contributed by atoms with Crippen molar-refractivity contribution in [2.45, 2.75) is 25.8 Å². The minimum absolute atomic E-state index is 0.0351. The number of hydrogen-bond acceptors (Lipinski definition) is 5. The largest absolute Gasteiger partial charge is 0.348 e. The molecule has 2 N–H and O–H groups in total. The number of anilines is 2. The summed E-state index contributed by atoms with van der Waals surface area (Å²) in [5.74, 6) is 1.39. The van der Waals surface area contributed by atoms with E-state index in [1.807, 2.05) is 18.2 Å². The second kappa shape index (κ2) is 10.6. The van der Waals surface area contributed by atoms with Crippen LogP contribution >= 0.6 is 11.6 Å². The smallest absolute Gasteiger partial charge is 0.259 e. The third-order valence-electron chi connectivity index (χ3n) is 5.78. The first-order chi connectivity index (χ1) is 15.6. The Balaban J connectivity index is 1.60. The molecule has 1 saturated heterocycles. The van der Waals surface area contributed by atoms with Gasteiger partial charge in [-0.25, -0.2) is 4.98 Å². The van der Waals surface area contributed by atoms with Crippen LogP contribution in [0.1, 0.15) is 41.7 Å². The summed E-state index contributed by atoms with van der Waals surface area (Å²) < 4.78 is 0. The number of piperidine rings is 1. The Bertz CT molecular complexity index is 1040. The highest BCUT2D eigenvalue weighted by Crippen LogP contribution is 2.24. The van der Waals surface area contributed by atoms with Gasteiger partial charge in [0.25, 0.3) is 5.91 Å². The van der Waals surface area contributed by atoms with E-state index in [4.69, 9.17) is 16.6 Å². The number of halogens is 1. The number of amides is 1. The van der Waals surface area contributed by atoms with Gasteiger partial charge in [0.05, 0.1) is 6.04 Å². The third-order valence-corrected chi connectivity index (χ3v) is 6.01. The highest BCUT2D eigenvalue weighted by atomic mass is 35.5. The van der Waals surface area contributed by atoms with Crippen molar-refractivity contribution >= 4 is 29.3 Å². The highest BCUT2D eigenvalue weighted by molar-refractivity contribution is 6.31. The van der Waals surface area contributed by atoms with E-state index in [2.05, 4.69) is 34.7 Å². The van der Waals surface area contributed by atoms with Crippen molar-refractivity contribution < 1.29 is 4.79 Å². The van der Waals surface area contributed by atoms with Crippen LogP contribution < -0.4 is 15.5 Å². The average Bonchev–Trinajstić information content (AvgIpc) is 2.83. The Morgan fingerprint density at radius 2 is 1.94 bits per heavy atom. The molecule has 4 rings (SSSR count). The zero-order chi connectivity index (χ0) is 22.3. The molecule has 2 aromatic carbocycles. The van der Waals surface area contributed by atoms with Crippen LogP contribution in [0, 0.1) is 5.92 Å². The first-order valence-corrected chi connectivity index (χ1v) is 11.4. The van der Waals surface area contributed by atoms with Crippen LogP contribution in [0.25, 0.3) is 0 Å². The molecule has 2 heterocycles. The minimum Gasteiger partial charge on any atom is -0.348 e. The Morgan fingerprint density at radius 3 is 2.69 bits per heavy atom. The molecule has 0 radical (unpaired) electrons. The van der Waals surface area contributed by atoms with Crippen LogP contribution in [0.4, 0.5) is 11.8 Å². The molecule has 0 saturated carbocycles. The van der Waals surface area contributed by atoms with Gasteiger partial charge in [0.1, 0.15) is 5.82 Å². The van der Waals surface area contributed by atoms with E-state index in [1.165, 1.54) is 0 Å². The molecule has 3 aromatic rings. The van der Waals surface area contributed by atoms with Crippen LogP contribution in [-0.2, 0) is 0 Å². The number of nitrogens with one attached hydrogen (secondary N) is 2. The second-order valence-corrected chi connectivity index (χ2v) is 8.57. The molecule has 1 aromatic heterocycles. The number of carbonyl (C=O) groups is 1. The maximum absolute atomic E-state index is 13.5. The van der Waals surface area contributed by atoms with Crippen molar-refractivity contribution in [1.82, 2.24) is 15.3 Å². The van der Waals surface area contributed by atoms with Gasteiger partial charge in [0, 0.05) is 23.3 Å². The van der Waals surface area contributed by atoms with E-state index >= 15 is 0 Å². The molecule has 1 atom stereocenters. The molecule has 0 aliphatic carbocycles. The zero-order valence-corrected chi connectivity index (χ0v) is 18.9. The van der Waals surface area contributed by atoms with Crippen LogP contribution in [0.15, 0.2) is 66.9 Å². The molecule has 0 spiro atoms.